The lowest BCUT2D eigenvalue weighted by Gasteiger charge is -2.05. The highest BCUT2D eigenvalue weighted by atomic mass is 16.5. The van der Waals surface area contributed by atoms with Crippen LogP contribution in [-0.2, 0) is 6.54 Å². The van der Waals surface area contributed by atoms with E-state index in [0.717, 1.165) is 0 Å². The Kier molecular flexibility index (Phi) is 3.91. The summed E-state index contributed by atoms with van der Waals surface area (Å²) in [6, 6.07) is 4.33. The molecule has 0 bridgehead atoms. The van der Waals surface area contributed by atoms with Crippen molar-refractivity contribution in [2.24, 2.45) is 5.73 Å². The normalized spacial score (nSPS) is 10.2. The molecule has 8 heteroatoms. The van der Waals surface area contributed by atoms with E-state index in [4.69, 9.17) is 10.5 Å². The zero-order valence-corrected chi connectivity index (χ0v) is 10.3. The van der Waals surface area contributed by atoms with Gasteiger partial charge >= 0.3 is 0 Å². The van der Waals surface area contributed by atoms with E-state index in [1.54, 1.807) is 23.1 Å². The maximum atomic E-state index is 10.8. The molecule has 0 aliphatic carbocycles. The number of anilines is 1. The summed E-state index contributed by atoms with van der Waals surface area (Å²) in [6.07, 6.45) is 3.16. The lowest BCUT2D eigenvalue weighted by molar-refractivity contribution is 0.0994. The third-order valence-electron chi connectivity index (χ3n) is 2.28. The summed E-state index contributed by atoms with van der Waals surface area (Å²) in [4.78, 5) is 19.0. The van der Waals surface area contributed by atoms with Crippen LogP contribution in [0, 0.1) is 6.07 Å². The molecule has 2 heterocycles. The zero-order valence-electron chi connectivity index (χ0n) is 10.3. The molecule has 1 amide bonds. The van der Waals surface area contributed by atoms with Gasteiger partial charge in [0.05, 0.1) is 13.7 Å². The molecule has 19 heavy (non-hydrogen) atoms. The molecule has 2 aromatic rings. The highest BCUT2D eigenvalue weighted by molar-refractivity contribution is 5.90. The lowest BCUT2D eigenvalue weighted by Crippen LogP contribution is -2.15. The number of methoxy groups -OCH3 is 1. The van der Waals surface area contributed by atoms with Crippen molar-refractivity contribution in [3.63, 3.8) is 0 Å². The summed E-state index contributed by atoms with van der Waals surface area (Å²) < 4.78 is 6.55. The molecular formula is C11H13N6O2. The van der Waals surface area contributed by atoms with Gasteiger partial charge in [-0.25, -0.2) is 4.98 Å². The van der Waals surface area contributed by atoms with Crippen molar-refractivity contribution >= 4 is 11.9 Å². The molecule has 8 nitrogen and oxygen atoms in total. The highest BCUT2D eigenvalue weighted by Crippen LogP contribution is 2.06. The Hall–Kier alpha value is -2.64. The van der Waals surface area contributed by atoms with Crippen molar-refractivity contribution < 1.29 is 9.53 Å². The number of carbonyl (C=O) groups is 1. The molecule has 0 aliphatic heterocycles. The van der Waals surface area contributed by atoms with Crippen molar-refractivity contribution in [1.82, 2.24) is 19.7 Å². The van der Waals surface area contributed by atoms with E-state index >= 15 is 0 Å². The maximum Gasteiger partial charge on any atom is 0.269 e. The predicted octanol–water partition coefficient (Wildman–Crippen LogP) is -0.307. The number of hydrogen-bond acceptors (Lipinski definition) is 6. The molecule has 0 saturated carbocycles. The van der Waals surface area contributed by atoms with Gasteiger partial charge < -0.3 is 15.8 Å². The first-order chi connectivity index (χ1) is 9.19. The number of rotatable bonds is 6. The van der Waals surface area contributed by atoms with E-state index in [0.29, 0.717) is 24.9 Å². The average molecular weight is 261 g/mol. The van der Waals surface area contributed by atoms with Crippen LogP contribution in [0.5, 0.6) is 5.88 Å². The summed E-state index contributed by atoms with van der Waals surface area (Å²) in [5.41, 5.74) is 5.21. The quantitative estimate of drug-likeness (QED) is 0.738. The summed E-state index contributed by atoms with van der Waals surface area (Å²) in [5, 5.41) is 6.97. The molecule has 2 rings (SSSR count). The summed E-state index contributed by atoms with van der Waals surface area (Å²) in [5.74, 6) is 0.356. The largest absolute Gasteiger partial charge is 0.481 e. The van der Waals surface area contributed by atoms with E-state index in [-0.39, 0.29) is 5.69 Å². The molecule has 2 aromatic heterocycles. The minimum absolute atomic E-state index is 0.123. The fourth-order valence-electron chi connectivity index (χ4n) is 1.38. The molecule has 1 radical (unpaired) electrons. The van der Waals surface area contributed by atoms with Gasteiger partial charge in [-0.2, -0.15) is 10.1 Å². The van der Waals surface area contributed by atoms with Crippen LogP contribution in [0.4, 0.5) is 5.95 Å². The minimum Gasteiger partial charge on any atom is -0.481 e. The Morgan fingerprint density at radius 2 is 2.47 bits per heavy atom. The first-order valence-corrected chi connectivity index (χ1v) is 5.55. The number of carbonyl (C=O) groups excluding carboxylic acids is 1. The monoisotopic (exact) mass is 261 g/mol. The molecule has 0 saturated heterocycles. The molecule has 0 unspecified atom stereocenters. The van der Waals surface area contributed by atoms with Gasteiger partial charge in [0.25, 0.3) is 5.91 Å². The molecule has 3 N–H and O–H groups in total. The number of amides is 1. The van der Waals surface area contributed by atoms with E-state index in [1.165, 1.54) is 7.11 Å². The van der Waals surface area contributed by atoms with Gasteiger partial charge in [-0.15, -0.1) is 0 Å². The van der Waals surface area contributed by atoms with Crippen LogP contribution in [0.1, 0.15) is 10.5 Å². The predicted molar refractivity (Wildman–Crippen MR) is 66.7 cm³/mol. The van der Waals surface area contributed by atoms with Crippen LogP contribution in [0.3, 0.4) is 0 Å². The highest BCUT2D eigenvalue weighted by Gasteiger charge is 2.05. The fraction of sp³-hybridized carbons (Fsp3) is 0.273. The molecule has 0 atom stereocenters. The van der Waals surface area contributed by atoms with Gasteiger partial charge in [0.2, 0.25) is 11.8 Å². The van der Waals surface area contributed by atoms with Gasteiger partial charge in [0.15, 0.2) is 5.69 Å². The minimum atomic E-state index is -0.595. The van der Waals surface area contributed by atoms with Crippen LogP contribution in [0.25, 0.3) is 0 Å². The second kappa shape index (κ2) is 5.80. The van der Waals surface area contributed by atoms with Crippen LogP contribution < -0.4 is 15.8 Å². The first kappa shape index (κ1) is 12.8. The molecule has 0 aliphatic rings. The fourth-order valence-corrected chi connectivity index (χ4v) is 1.38. The van der Waals surface area contributed by atoms with Gasteiger partial charge in [0.1, 0.15) is 0 Å². The van der Waals surface area contributed by atoms with E-state index in [2.05, 4.69) is 26.4 Å². The van der Waals surface area contributed by atoms with Gasteiger partial charge in [0, 0.05) is 31.1 Å². The Balaban J connectivity index is 1.86. The Labute approximate surface area is 109 Å². The Bertz CT molecular complexity index is 568. The lowest BCUT2D eigenvalue weighted by atomic mass is 10.4. The van der Waals surface area contributed by atoms with Crippen molar-refractivity contribution in [2.75, 3.05) is 19.0 Å². The summed E-state index contributed by atoms with van der Waals surface area (Å²) in [7, 11) is 1.54. The topological polar surface area (TPSA) is 108 Å². The smallest absolute Gasteiger partial charge is 0.269 e. The molecule has 0 aromatic carbocycles. The van der Waals surface area contributed by atoms with Crippen molar-refractivity contribution in [1.29, 1.82) is 0 Å². The third-order valence-corrected chi connectivity index (χ3v) is 2.28. The van der Waals surface area contributed by atoms with Crippen molar-refractivity contribution in [2.45, 2.75) is 6.54 Å². The van der Waals surface area contributed by atoms with Crippen LogP contribution in [0.15, 0.2) is 18.5 Å². The van der Waals surface area contributed by atoms with Crippen LogP contribution in [-0.4, -0.2) is 39.3 Å². The Morgan fingerprint density at radius 3 is 3.16 bits per heavy atom. The van der Waals surface area contributed by atoms with E-state index in [9.17, 15) is 4.79 Å². The molecule has 0 spiro atoms. The standard InChI is InChI=1S/C11H13N6O2/c1-19-9-2-4-13-11(15-9)14-5-7-17-6-3-8(16-17)10(12)18/h2,4,6H,5,7H2,1H3,(H2,12,18)(H,13,14,15). The van der Waals surface area contributed by atoms with Crippen LogP contribution in [0.2, 0.25) is 0 Å². The van der Waals surface area contributed by atoms with E-state index < -0.39 is 5.91 Å². The number of nitrogens with one attached hydrogen (secondary N) is 1. The van der Waals surface area contributed by atoms with Gasteiger partial charge in [-0.1, -0.05) is 0 Å². The summed E-state index contributed by atoms with van der Waals surface area (Å²) in [6.45, 7) is 1.07. The maximum absolute atomic E-state index is 10.8. The van der Waals surface area contributed by atoms with Gasteiger partial charge in [-0.05, 0) is 0 Å². The molecule has 0 fully saturated rings. The number of primary amides is 1. The second-order valence-corrected chi connectivity index (χ2v) is 3.60. The Morgan fingerprint density at radius 1 is 1.63 bits per heavy atom. The second-order valence-electron chi connectivity index (χ2n) is 3.60. The third kappa shape index (κ3) is 3.41. The number of nitrogens with zero attached hydrogens (tertiary/aromatic N) is 4. The summed E-state index contributed by atoms with van der Waals surface area (Å²) >= 11 is 0. The van der Waals surface area contributed by atoms with Crippen molar-refractivity contribution in [3.8, 4) is 5.88 Å². The molecule has 99 valence electrons. The van der Waals surface area contributed by atoms with E-state index in [1.807, 2.05) is 0 Å². The van der Waals surface area contributed by atoms with Gasteiger partial charge in [-0.3, -0.25) is 9.48 Å². The number of nitrogens with two attached hydrogens (primary N) is 1. The first-order valence-electron chi connectivity index (χ1n) is 5.55. The number of hydrogen-bond donors (Lipinski definition) is 2. The number of ether oxygens (including phenoxy) is 1. The average Bonchev–Trinajstić information content (AvgIpc) is 2.88. The van der Waals surface area contributed by atoms with Crippen LogP contribution >= 0.6 is 0 Å². The SMILES string of the molecule is COc1ccnc(NCCn2c[c]c(C(N)=O)n2)n1. The zero-order chi connectivity index (χ0) is 13.7. The number of aromatic nitrogens is 4. The molecular weight excluding hydrogens is 248 g/mol. The van der Waals surface area contributed by atoms with Crippen molar-refractivity contribution in [3.05, 3.63) is 30.2 Å².